The van der Waals surface area contributed by atoms with Crippen LogP contribution in [-0.2, 0) is 10.0 Å². The molecule has 21 heavy (non-hydrogen) atoms. The third-order valence-electron chi connectivity index (χ3n) is 4.31. The van der Waals surface area contributed by atoms with Gasteiger partial charge in [-0.05, 0) is 38.1 Å². The van der Waals surface area contributed by atoms with Crippen molar-refractivity contribution in [1.82, 2.24) is 9.80 Å². The highest BCUT2D eigenvalue weighted by atomic mass is 32.2. The number of benzene rings is 1. The summed E-state index contributed by atoms with van der Waals surface area (Å²) < 4.78 is 28.2. The van der Waals surface area contributed by atoms with Crippen LogP contribution in [0.1, 0.15) is 18.9 Å². The van der Waals surface area contributed by atoms with Crippen LogP contribution in [0, 0.1) is 5.92 Å². The first-order chi connectivity index (χ1) is 10.0. The fraction of sp³-hybridized carbons (Fsp3) is 0.533. The van der Waals surface area contributed by atoms with Gasteiger partial charge in [0.15, 0.2) is 5.84 Å². The highest BCUT2D eigenvalue weighted by Gasteiger charge is 2.34. The molecule has 2 aliphatic rings. The van der Waals surface area contributed by atoms with Crippen molar-refractivity contribution < 1.29 is 8.42 Å². The maximum Gasteiger partial charge on any atom is 0.285 e. The number of nitrogens with zero attached hydrogens (tertiary/aromatic N) is 3. The van der Waals surface area contributed by atoms with Crippen molar-refractivity contribution in [2.75, 3.05) is 33.2 Å². The summed E-state index contributed by atoms with van der Waals surface area (Å²) >= 11 is 0. The number of rotatable bonds is 3. The average molecular weight is 307 g/mol. The third kappa shape index (κ3) is 2.70. The van der Waals surface area contributed by atoms with Crippen LogP contribution >= 0.6 is 0 Å². The highest BCUT2D eigenvalue weighted by molar-refractivity contribution is 7.90. The standard InChI is InChI=1S/C15H21N3O2S/c1-3-17(2)10-12-8-9-18(11-12)15-13-6-4-5-7-14(13)21(19,20)16-15/h4-7,12H,3,8-11H2,1-2H3. The Morgan fingerprint density at radius 3 is 2.90 bits per heavy atom. The Labute approximate surface area is 126 Å². The summed E-state index contributed by atoms with van der Waals surface area (Å²) in [6, 6.07) is 7.11. The van der Waals surface area contributed by atoms with Gasteiger partial charge in [0.1, 0.15) is 4.90 Å². The van der Waals surface area contributed by atoms with Crippen LogP contribution in [0.5, 0.6) is 0 Å². The zero-order valence-electron chi connectivity index (χ0n) is 12.5. The molecule has 3 rings (SSSR count). The van der Waals surface area contributed by atoms with Crippen LogP contribution in [0.2, 0.25) is 0 Å². The summed E-state index contributed by atoms with van der Waals surface area (Å²) in [6.07, 6.45) is 1.09. The quantitative estimate of drug-likeness (QED) is 0.847. The zero-order valence-corrected chi connectivity index (χ0v) is 13.3. The SMILES string of the molecule is CCN(C)CC1CCN(C2=NS(=O)(=O)c3ccccc32)C1. The maximum atomic E-state index is 12.1. The van der Waals surface area contributed by atoms with Crippen molar-refractivity contribution in [2.45, 2.75) is 18.2 Å². The zero-order chi connectivity index (χ0) is 15.0. The summed E-state index contributed by atoms with van der Waals surface area (Å²) in [5.41, 5.74) is 0.752. The van der Waals surface area contributed by atoms with E-state index in [1.54, 1.807) is 12.1 Å². The van der Waals surface area contributed by atoms with E-state index in [1.807, 2.05) is 12.1 Å². The summed E-state index contributed by atoms with van der Waals surface area (Å²) in [7, 11) is -1.38. The van der Waals surface area contributed by atoms with Crippen molar-refractivity contribution >= 4 is 15.9 Å². The second-order valence-electron chi connectivity index (χ2n) is 5.84. The van der Waals surface area contributed by atoms with Gasteiger partial charge in [0, 0.05) is 25.2 Å². The first-order valence-corrected chi connectivity index (χ1v) is 8.83. The number of hydrogen-bond acceptors (Lipinski definition) is 4. The molecule has 2 aliphatic heterocycles. The summed E-state index contributed by atoms with van der Waals surface area (Å²) in [6.45, 7) is 6.00. The van der Waals surface area contributed by atoms with Crippen LogP contribution in [0.15, 0.2) is 33.6 Å². The van der Waals surface area contributed by atoms with E-state index in [0.29, 0.717) is 16.6 Å². The first-order valence-electron chi connectivity index (χ1n) is 7.39. The van der Waals surface area contributed by atoms with E-state index < -0.39 is 10.0 Å². The normalized spacial score (nSPS) is 23.5. The van der Waals surface area contributed by atoms with E-state index in [4.69, 9.17) is 0 Å². The molecule has 0 bridgehead atoms. The van der Waals surface area contributed by atoms with Gasteiger partial charge in [0.05, 0.1) is 0 Å². The topological polar surface area (TPSA) is 53.0 Å². The van der Waals surface area contributed by atoms with Gasteiger partial charge in [-0.15, -0.1) is 4.40 Å². The Morgan fingerprint density at radius 1 is 1.38 bits per heavy atom. The molecule has 1 atom stereocenters. The van der Waals surface area contributed by atoms with E-state index in [9.17, 15) is 8.42 Å². The van der Waals surface area contributed by atoms with Gasteiger partial charge in [-0.3, -0.25) is 0 Å². The minimum Gasteiger partial charge on any atom is -0.355 e. The smallest absolute Gasteiger partial charge is 0.285 e. The Morgan fingerprint density at radius 2 is 2.14 bits per heavy atom. The first kappa shape index (κ1) is 14.5. The molecule has 0 N–H and O–H groups in total. The minimum atomic E-state index is -3.50. The second kappa shape index (κ2) is 5.42. The molecule has 0 radical (unpaired) electrons. The number of likely N-dealkylation sites (tertiary alicyclic amines) is 1. The minimum absolute atomic E-state index is 0.342. The fourth-order valence-corrected chi connectivity index (χ4v) is 4.29. The lowest BCUT2D eigenvalue weighted by Gasteiger charge is -2.21. The van der Waals surface area contributed by atoms with E-state index in [1.165, 1.54) is 0 Å². The van der Waals surface area contributed by atoms with E-state index in [2.05, 4.69) is 28.2 Å². The summed E-state index contributed by atoms with van der Waals surface area (Å²) in [4.78, 5) is 4.77. The Kier molecular flexibility index (Phi) is 3.75. The van der Waals surface area contributed by atoms with E-state index >= 15 is 0 Å². The molecule has 1 aromatic carbocycles. The van der Waals surface area contributed by atoms with Crippen molar-refractivity contribution in [1.29, 1.82) is 0 Å². The summed E-state index contributed by atoms with van der Waals surface area (Å²) in [5, 5.41) is 0. The molecule has 1 saturated heterocycles. The van der Waals surface area contributed by atoms with Crippen LogP contribution in [0.3, 0.4) is 0 Å². The van der Waals surface area contributed by atoms with Gasteiger partial charge in [-0.2, -0.15) is 8.42 Å². The molecule has 1 fully saturated rings. The van der Waals surface area contributed by atoms with Crippen molar-refractivity contribution in [3.05, 3.63) is 29.8 Å². The highest BCUT2D eigenvalue weighted by Crippen LogP contribution is 2.30. The molecular weight excluding hydrogens is 286 g/mol. The van der Waals surface area contributed by atoms with Crippen molar-refractivity contribution in [2.24, 2.45) is 10.3 Å². The molecule has 0 amide bonds. The second-order valence-corrected chi connectivity index (χ2v) is 7.41. The Hall–Kier alpha value is -1.40. The number of fused-ring (bicyclic) bond motifs is 1. The predicted octanol–water partition coefficient (Wildman–Crippen LogP) is 1.41. The molecule has 0 aromatic heterocycles. The molecule has 114 valence electrons. The van der Waals surface area contributed by atoms with Crippen LogP contribution in [-0.4, -0.2) is 57.3 Å². The number of amidine groups is 1. The van der Waals surface area contributed by atoms with Gasteiger partial charge in [0.25, 0.3) is 10.0 Å². The molecule has 1 aromatic rings. The van der Waals surface area contributed by atoms with Gasteiger partial charge in [-0.1, -0.05) is 19.1 Å². The van der Waals surface area contributed by atoms with E-state index in [0.717, 1.165) is 38.2 Å². The lowest BCUT2D eigenvalue weighted by Crippen LogP contribution is -2.31. The maximum absolute atomic E-state index is 12.1. The predicted molar refractivity (Wildman–Crippen MR) is 83.0 cm³/mol. The average Bonchev–Trinajstić information content (AvgIpc) is 3.02. The van der Waals surface area contributed by atoms with Gasteiger partial charge >= 0.3 is 0 Å². The number of hydrogen-bond donors (Lipinski definition) is 0. The van der Waals surface area contributed by atoms with Crippen LogP contribution in [0.4, 0.5) is 0 Å². The summed E-state index contributed by atoms with van der Waals surface area (Å²) in [5.74, 6) is 1.21. The fourth-order valence-electron chi connectivity index (χ4n) is 3.06. The van der Waals surface area contributed by atoms with E-state index in [-0.39, 0.29) is 0 Å². The molecule has 0 saturated carbocycles. The molecular formula is C15H21N3O2S. The number of sulfonamides is 1. The lowest BCUT2D eigenvalue weighted by atomic mass is 10.1. The largest absolute Gasteiger partial charge is 0.355 e. The van der Waals surface area contributed by atoms with Crippen LogP contribution in [0.25, 0.3) is 0 Å². The molecule has 2 heterocycles. The molecule has 1 unspecified atom stereocenters. The molecule has 0 spiro atoms. The van der Waals surface area contributed by atoms with Crippen molar-refractivity contribution in [3.63, 3.8) is 0 Å². The third-order valence-corrected chi connectivity index (χ3v) is 5.63. The molecule has 5 nitrogen and oxygen atoms in total. The Balaban J connectivity index is 1.81. The lowest BCUT2D eigenvalue weighted by molar-refractivity contribution is 0.292. The Bertz CT molecular complexity index is 669. The van der Waals surface area contributed by atoms with Crippen molar-refractivity contribution in [3.8, 4) is 0 Å². The van der Waals surface area contributed by atoms with Gasteiger partial charge in [0.2, 0.25) is 0 Å². The molecule has 0 aliphatic carbocycles. The van der Waals surface area contributed by atoms with Gasteiger partial charge in [-0.25, -0.2) is 0 Å². The van der Waals surface area contributed by atoms with Gasteiger partial charge < -0.3 is 9.80 Å². The van der Waals surface area contributed by atoms with Crippen LogP contribution < -0.4 is 0 Å². The monoisotopic (exact) mass is 307 g/mol. The molecule has 6 heteroatoms.